The number of hydrogen-bond acceptors (Lipinski definition) is 3. The molecule has 1 aliphatic rings. The van der Waals surface area contributed by atoms with Gasteiger partial charge in [-0.3, -0.25) is 0 Å². The average molecular weight is 308 g/mol. The van der Waals surface area contributed by atoms with Crippen LogP contribution in [0, 0.1) is 0 Å². The van der Waals surface area contributed by atoms with Crippen molar-refractivity contribution >= 4 is 17.8 Å². The Morgan fingerprint density at radius 3 is 2.95 bits per heavy atom. The second kappa shape index (κ2) is 7.18. The summed E-state index contributed by atoms with van der Waals surface area (Å²) in [6.45, 7) is 2.31. The SMILES string of the molecule is CCC(CSC)NC(=O)NCC1(O)CCc2ccccc21. The summed E-state index contributed by atoms with van der Waals surface area (Å²) in [7, 11) is 0. The zero-order chi connectivity index (χ0) is 15.3. The van der Waals surface area contributed by atoms with Crippen molar-refractivity contribution in [3.8, 4) is 0 Å². The highest BCUT2D eigenvalue weighted by Crippen LogP contribution is 2.36. The number of fused-ring (bicyclic) bond motifs is 1. The Balaban J connectivity index is 1.90. The molecular formula is C16H24N2O2S. The number of aliphatic hydroxyl groups is 1. The predicted octanol–water partition coefficient (Wildman–Crippen LogP) is 2.26. The standard InChI is InChI=1S/C16H24N2O2S/c1-3-13(10-21-2)18-15(19)17-11-16(20)9-8-12-6-4-5-7-14(12)16/h4-7,13,20H,3,8-11H2,1-2H3,(H2,17,18,19). The molecule has 2 amide bonds. The molecule has 3 N–H and O–H groups in total. The minimum Gasteiger partial charge on any atom is -0.383 e. The molecule has 0 bridgehead atoms. The van der Waals surface area contributed by atoms with Crippen molar-refractivity contribution in [1.29, 1.82) is 0 Å². The molecule has 0 saturated carbocycles. The Hall–Kier alpha value is -1.20. The molecule has 0 aromatic heterocycles. The first-order valence-corrected chi connectivity index (χ1v) is 8.82. The lowest BCUT2D eigenvalue weighted by atomic mass is 9.96. The number of urea groups is 1. The van der Waals surface area contributed by atoms with Crippen LogP contribution in [0.3, 0.4) is 0 Å². The lowest BCUT2D eigenvalue weighted by Gasteiger charge is -2.25. The van der Waals surface area contributed by atoms with Gasteiger partial charge in [0.15, 0.2) is 0 Å². The highest BCUT2D eigenvalue weighted by Gasteiger charge is 2.36. The van der Waals surface area contributed by atoms with Gasteiger partial charge < -0.3 is 15.7 Å². The number of thioether (sulfide) groups is 1. The van der Waals surface area contributed by atoms with Crippen LogP contribution in [-0.4, -0.2) is 35.7 Å². The lowest BCUT2D eigenvalue weighted by molar-refractivity contribution is 0.0411. The number of carbonyl (C=O) groups is 1. The van der Waals surface area contributed by atoms with E-state index in [4.69, 9.17) is 0 Å². The molecule has 116 valence electrons. The molecule has 0 spiro atoms. The number of carbonyl (C=O) groups excluding carboxylic acids is 1. The molecule has 0 aliphatic heterocycles. The van der Waals surface area contributed by atoms with E-state index < -0.39 is 5.60 Å². The van der Waals surface area contributed by atoms with Gasteiger partial charge in [0.05, 0.1) is 6.54 Å². The number of aryl methyl sites for hydroxylation is 1. The van der Waals surface area contributed by atoms with Gasteiger partial charge in [-0.25, -0.2) is 4.79 Å². The first-order chi connectivity index (χ1) is 10.1. The van der Waals surface area contributed by atoms with Crippen molar-refractivity contribution in [1.82, 2.24) is 10.6 Å². The summed E-state index contributed by atoms with van der Waals surface area (Å²) in [5.74, 6) is 0.900. The van der Waals surface area contributed by atoms with E-state index >= 15 is 0 Å². The molecule has 4 nitrogen and oxygen atoms in total. The summed E-state index contributed by atoms with van der Waals surface area (Å²) in [5.41, 5.74) is 1.19. The number of hydrogen-bond donors (Lipinski definition) is 3. The third kappa shape index (κ3) is 3.92. The molecule has 21 heavy (non-hydrogen) atoms. The second-order valence-corrected chi connectivity index (χ2v) is 6.49. The minimum atomic E-state index is -0.935. The maximum Gasteiger partial charge on any atom is 0.315 e. The molecule has 0 fully saturated rings. The largest absolute Gasteiger partial charge is 0.383 e. The Morgan fingerprint density at radius 1 is 1.48 bits per heavy atom. The summed E-state index contributed by atoms with van der Waals surface area (Å²) in [6, 6.07) is 7.88. The summed E-state index contributed by atoms with van der Waals surface area (Å²) >= 11 is 1.72. The van der Waals surface area contributed by atoms with Crippen LogP contribution >= 0.6 is 11.8 Å². The van der Waals surface area contributed by atoms with E-state index in [1.165, 1.54) is 5.56 Å². The zero-order valence-electron chi connectivity index (χ0n) is 12.7. The summed E-state index contributed by atoms with van der Waals surface area (Å²) < 4.78 is 0. The van der Waals surface area contributed by atoms with Crippen LogP contribution < -0.4 is 10.6 Å². The van der Waals surface area contributed by atoms with Gasteiger partial charge in [-0.15, -0.1) is 0 Å². The second-order valence-electron chi connectivity index (χ2n) is 5.58. The van der Waals surface area contributed by atoms with Crippen LogP contribution in [0.5, 0.6) is 0 Å². The van der Waals surface area contributed by atoms with E-state index in [2.05, 4.69) is 17.6 Å². The summed E-state index contributed by atoms with van der Waals surface area (Å²) in [6.07, 6.45) is 4.45. The number of rotatable bonds is 6. The minimum absolute atomic E-state index is 0.172. The Kier molecular flexibility index (Phi) is 5.53. The quantitative estimate of drug-likeness (QED) is 0.755. The fraction of sp³-hybridized carbons (Fsp3) is 0.562. The van der Waals surface area contributed by atoms with Crippen LogP contribution in [0.2, 0.25) is 0 Å². The smallest absolute Gasteiger partial charge is 0.315 e. The van der Waals surface area contributed by atoms with Crippen molar-refractivity contribution < 1.29 is 9.90 Å². The van der Waals surface area contributed by atoms with Crippen LogP contribution in [0.1, 0.15) is 30.9 Å². The van der Waals surface area contributed by atoms with E-state index in [-0.39, 0.29) is 18.6 Å². The topological polar surface area (TPSA) is 61.4 Å². The van der Waals surface area contributed by atoms with Crippen molar-refractivity contribution in [2.24, 2.45) is 0 Å². The first-order valence-electron chi connectivity index (χ1n) is 7.43. The third-order valence-electron chi connectivity index (χ3n) is 4.06. The Labute approximate surface area is 130 Å². The maximum atomic E-state index is 12.0. The van der Waals surface area contributed by atoms with Crippen LogP contribution in [0.4, 0.5) is 4.79 Å². The van der Waals surface area contributed by atoms with E-state index in [0.29, 0.717) is 6.42 Å². The fourth-order valence-electron chi connectivity index (χ4n) is 2.78. The van der Waals surface area contributed by atoms with E-state index in [0.717, 1.165) is 24.2 Å². The Bertz CT molecular complexity index is 495. The molecule has 0 radical (unpaired) electrons. The molecule has 1 aromatic carbocycles. The normalized spacial score (nSPS) is 21.7. The molecule has 2 rings (SSSR count). The van der Waals surface area contributed by atoms with Gasteiger partial charge in [0.2, 0.25) is 0 Å². The van der Waals surface area contributed by atoms with Crippen molar-refractivity contribution in [2.75, 3.05) is 18.6 Å². The highest BCUT2D eigenvalue weighted by atomic mass is 32.2. The average Bonchev–Trinajstić information content (AvgIpc) is 2.83. The van der Waals surface area contributed by atoms with Crippen LogP contribution in [0.25, 0.3) is 0 Å². The van der Waals surface area contributed by atoms with Crippen LogP contribution in [0.15, 0.2) is 24.3 Å². The van der Waals surface area contributed by atoms with Crippen molar-refractivity contribution in [2.45, 2.75) is 37.8 Å². The lowest BCUT2D eigenvalue weighted by Crippen LogP contribution is -2.47. The molecule has 2 atom stereocenters. The van der Waals surface area contributed by atoms with Gasteiger partial charge in [0.25, 0.3) is 0 Å². The van der Waals surface area contributed by atoms with E-state index in [1.54, 1.807) is 11.8 Å². The predicted molar refractivity (Wildman–Crippen MR) is 87.7 cm³/mol. The monoisotopic (exact) mass is 308 g/mol. The maximum absolute atomic E-state index is 12.0. The van der Waals surface area contributed by atoms with E-state index in [1.807, 2.05) is 30.5 Å². The first kappa shape index (κ1) is 16.2. The van der Waals surface area contributed by atoms with E-state index in [9.17, 15) is 9.90 Å². The van der Waals surface area contributed by atoms with Gasteiger partial charge in [-0.2, -0.15) is 11.8 Å². The molecule has 1 aliphatic carbocycles. The molecule has 5 heteroatoms. The number of nitrogens with one attached hydrogen (secondary N) is 2. The molecular weight excluding hydrogens is 284 g/mol. The highest BCUT2D eigenvalue weighted by molar-refractivity contribution is 7.98. The molecule has 2 unspecified atom stereocenters. The molecule has 0 heterocycles. The van der Waals surface area contributed by atoms with Crippen LogP contribution in [-0.2, 0) is 12.0 Å². The van der Waals surface area contributed by atoms with Gasteiger partial charge in [-0.1, -0.05) is 31.2 Å². The Morgan fingerprint density at radius 2 is 2.24 bits per heavy atom. The van der Waals surface area contributed by atoms with Gasteiger partial charge in [-0.05, 0) is 36.6 Å². The third-order valence-corrected chi connectivity index (χ3v) is 4.80. The van der Waals surface area contributed by atoms with Gasteiger partial charge >= 0.3 is 6.03 Å². The fourth-order valence-corrected chi connectivity index (χ4v) is 3.50. The van der Waals surface area contributed by atoms with Gasteiger partial charge in [0, 0.05) is 11.8 Å². The zero-order valence-corrected chi connectivity index (χ0v) is 13.5. The molecule has 1 aromatic rings. The molecule has 0 saturated heterocycles. The van der Waals surface area contributed by atoms with Gasteiger partial charge in [0.1, 0.15) is 5.60 Å². The number of benzene rings is 1. The number of amides is 2. The van der Waals surface area contributed by atoms with Crippen molar-refractivity contribution in [3.05, 3.63) is 35.4 Å². The summed E-state index contributed by atoms with van der Waals surface area (Å²) in [4.78, 5) is 12.0. The summed E-state index contributed by atoms with van der Waals surface area (Å²) in [5, 5.41) is 16.5. The van der Waals surface area contributed by atoms with Crippen molar-refractivity contribution in [3.63, 3.8) is 0 Å².